The van der Waals surface area contributed by atoms with E-state index in [1.807, 2.05) is 6.07 Å². The Morgan fingerprint density at radius 1 is 1.38 bits per heavy atom. The molecule has 0 aromatic heterocycles. The van der Waals surface area contributed by atoms with E-state index >= 15 is 0 Å². The van der Waals surface area contributed by atoms with Crippen molar-refractivity contribution >= 4 is 17.2 Å². The molecule has 16 heavy (non-hydrogen) atoms. The van der Waals surface area contributed by atoms with Crippen molar-refractivity contribution in [3.05, 3.63) is 23.8 Å². The maximum absolute atomic E-state index is 11.1. The molecule has 1 aromatic carbocycles. The highest BCUT2D eigenvalue weighted by Gasteiger charge is 2.03. The van der Waals surface area contributed by atoms with Gasteiger partial charge in [-0.2, -0.15) is 0 Å². The van der Waals surface area contributed by atoms with Gasteiger partial charge in [-0.05, 0) is 31.5 Å². The fourth-order valence-corrected chi connectivity index (χ4v) is 1.54. The molecule has 0 aliphatic rings. The minimum Gasteiger partial charge on any atom is -0.397 e. The van der Waals surface area contributed by atoms with Gasteiger partial charge in [0.2, 0.25) is 0 Å². The lowest BCUT2D eigenvalue weighted by Crippen LogP contribution is -2.05. The van der Waals surface area contributed by atoms with Crippen molar-refractivity contribution in [1.82, 2.24) is 0 Å². The van der Waals surface area contributed by atoms with Crippen LogP contribution in [0.5, 0.6) is 0 Å². The Labute approximate surface area is 97.0 Å². The molecule has 0 spiro atoms. The smallest absolute Gasteiger partial charge is 0.159 e. The molecule has 0 fully saturated rings. The number of hydrogen-bond donors (Lipinski definition) is 2. The first-order valence-corrected chi connectivity index (χ1v) is 5.79. The maximum atomic E-state index is 11.1. The van der Waals surface area contributed by atoms with Gasteiger partial charge in [0, 0.05) is 12.1 Å². The zero-order chi connectivity index (χ0) is 12.0. The van der Waals surface area contributed by atoms with Crippen LogP contribution in [0.3, 0.4) is 0 Å². The second-order valence-electron chi connectivity index (χ2n) is 3.99. The number of nitrogens with two attached hydrogens (primary N) is 1. The van der Waals surface area contributed by atoms with E-state index < -0.39 is 0 Å². The number of carbonyl (C=O) groups excluding carboxylic acids is 1. The number of benzene rings is 1. The zero-order valence-electron chi connectivity index (χ0n) is 10.0. The fourth-order valence-electron chi connectivity index (χ4n) is 1.54. The molecule has 0 aliphatic heterocycles. The van der Waals surface area contributed by atoms with E-state index in [9.17, 15) is 4.79 Å². The van der Waals surface area contributed by atoms with Crippen molar-refractivity contribution in [2.75, 3.05) is 17.6 Å². The van der Waals surface area contributed by atoms with E-state index in [2.05, 4.69) is 12.2 Å². The third kappa shape index (κ3) is 3.57. The van der Waals surface area contributed by atoms with Crippen LogP contribution in [0.25, 0.3) is 0 Å². The second kappa shape index (κ2) is 6.16. The average molecular weight is 220 g/mol. The second-order valence-corrected chi connectivity index (χ2v) is 3.99. The van der Waals surface area contributed by atoms with Gasteiger partial charge in [-0.25, -0.2) is 0 Å². The van der Waals surface area contributed by atoms with E-state index in [0.29, 0.717) is 11.3 Å². The highest BCUT2D eigenvalue weighted by molar-refractivity contribution is 5.95. The highest BCUT2D eigenvalue weighted by atomic mass is 16.1. The van der Waals surface area contributed by atoms with Crippen LogP contribution in [0.1, 0.15) is 43.5 Å². The Kier molecular flexibility index (Phi) is 4.83. The van der Waals surface area contributed by atoms with Gasteiger partial charge in [0.05, 0.1) is 11.4 Å². The molecule has 0 saturated carbocycles. The van der Waals surface area contributed by atoms with Crippen molar-refractivity contribution < 1.29 is 4.79 Å². The van der Waals surface area contributed by atoms with Crippen molar-refractivity contribution in [2.24, 2.45) is 0 Å². The summed E-state index contributed by atoms with van der Waals surface area (Å²) < 4.78 is 0. The molecule has 0 saturated heterocycles. The Balaban J connectivity index is 2.57. The van der Waals surface area contributed by atoms with Gasteiger partial charge in [0.15, 0.2) is 5.78 Å². The first-order valence-electron chi connectivity index (χ1n) is 5.79. The van der Waals surface area contributed by atoms with Crippen molar-refractivity contribution in [2.45, 2.75) is 33.1 Å². The molecule has 0 radical (unpaired) electrons. The fraction of sp³-hybridized carbons (Fsp3) is 0.462. The van der Waals surface area contributed by atoms with E-state index in [4.69, 9.17) is 5.73 Å². The van der Waals surface area contributed by atoms with Crippen LogP contribution in [-0.4, -0.2) is 12.3 Å². The van der Waals surface area contributed by atoms with E-state index in [1.165, 1.54) is 12.8 Å². The van der Waals surface area contributed by atoms with Crippen LogP contribution < -0.4 is 11.1 Å². The summed E-state index contributed by atoms with van der Waals surface area (Å²) in [6.45, 7) is 4.65. The van der Waals surface area contributed by atoms with Crippen molar-refractivity contribution in [3.63, 3.8) is 0 Å². The lowest BCUT2D eigenvalue weighted by atomic mass is 10.1. The summed E-state index contributed by atoms with van der Waals surface area (Å²) in [5.41, 5.74) is 8.08. The molecule has 88 valence electrons. The van der Waals surface area contributed by atoms with Gasteiger partial charge < -0.3 is 11.1 Å². The molecule has 3 N–H and O–H groups in total. The van der Waals surface area contributed by atoms with Crippen LogP contribution in [0, 0.1) is 0 Å². The number of unbranched alkanes of at least 4 members (excludes halogenated alkanes) is 2. The molecule has 0 aliphatic carbocycles. The molecule has 0 bridgehead atoms. The quantitative estimate of drug-likeness (QED) is 0.440. The summed E-state index contributed by atoms with van der Waals surface area (Å²) >= 11 is 0. The maximum Gasteiger partial charge on any atom is 0.159 e. The Morgan fingerprint density at radius 2 is 2.12 bits per heavy atom. The van der Waals surface area contributed by atoms with E-state index in [0.717, 1.165) is 18.7 Å². The van der Waals surface area contributed by atoms with Gasteiger partial charge in [0.1, 0.15) is 0 Å². The van der Waals surface area contributed by atoms with Crippen LogP contribution in [0.15, 0.2) is 18.2 Å². The van der Waals surface area contributed by atoms with Gasteiger partial charge in [-0.15, -0.1) is 0 Å². The minimum absolute atomic E-state index is 0.0456. The summed E-state index contributed by atoms with van der Waals surface area (Å²) in [7, 11) is 0. The molecular formula is C13H20N2O. The molecule has 0 heterocycles. The molecule has 3 heteroatoms. The summed E-state index contributed by atoms with van der Waals surface area (Å²) in [4.78, 5) is 11.1. The van der Waals surface area contributed by atoms with Crippen LogP contribution >= 0.6 is 0 Å². The summed E-state index contributed by atoms with van der Waals surface area (Å²) in [6.07, 6.45) is 3.57. The molecule has 3 nitrogen and oxygen atoms in total. The standard InChI is InChI=1S/C13H20N2O/c1-3-4-5-8-15-13-7-6-11(10(2)16)9-12(13)14/h6-7,9,15H,3-5,8,14H2,1-2H3. The number of Topliss-reactive ketones (excluding diaryl/α,β-unsaturated/α-hetero) is 1. The largest absolute Gasteiger partial charge is 0.397 e. The molecule has 0 unspecified atom stereocenters. The van der Waals surface area contributed by atoms with Gasteiger partial charge >= 0.3 is 0 Å². The molecular weight excluding hydrogens is 200 g/mol. The zero-order valence-corrected chi connectivity index (χ0v) is 10.0. The van der Waals surface area contributed by atoms with Crippen LogP contribution in [0.2, 0.25) is 0 Å². The number of carbonyl (C=O) groups is 1. The lowest BCUT2D eigenvalue weighted by molar-refractivity contribution is 0.101. The van der Waals surface area contributed by atoms with Crippen LogP contribution in [-0.2, 0) is 0 Å². The lowest BCUT2D eigenvalue weighted by Gasteiger charge is -2.09. The summed E-state index contributed by atoms with van der Waals surface area (Å²) in [5, 5.41) is 3.28. The SMILES string of the molecule is CCCCCNc1ccc(C(C)=O)cc1N. The van der Waals surface area contributed by atoms with Crippen molar-refractivity contribution in [1.29, 1.82) is 0 Å². The van der Waals surface area contributed by atoms with Gasteiger partial charge in [-0.1, -0.05) is 19.8 Å². The van der Waals surface area contributed by atoms with Crippen molar-refractivity contribution in [3.8, 4) is 0 Å². The Bertz CT molecular complexity index is 361. The predicted molar refractivity (Wildman–Crippen MR) is 68.9 cm³/mol. The van der Waals surface area contributed by atoms with E-state index in [-0.39, 0.29) is 5.78 Å². The Hall–Kier alpha value is -1.51. The van der Waals surface area contributed by atoms with Gasteiger partial charge in [0.25, 0.3) is 0 Å². The molecule has 1 aromatic rings. The third-order valence-electron chi connectivity index (χ3n) is 2.55. The predicted octanol–water partition coefficient (Wildman–Crippen LogP) is 3.07. The number of nitrogen functional groups attached to an aromatic ring is 1. The number of nitrogens with one attached hydrogen (secondary N) is 1. The monoisotopic (exact) mass is 220 g/mol. The minimum atomic E-state index is 0.0456. The number of rotatable bonds is 6. The van der Waals surface area contributed by atoms with E-state index in [1.54, 1.807) is 19.1 Å². The normalized spacial score (nSPS) is 10.1. The molecule has 0 amide bonds. The third-order valence-corrected chi connectivity index (χ3v) is 2.55. The van der Waals surface area contributed by atoms with Crippen LogP contribution in [0.4, 0.5) is 11.4 Å². The first kappa shape index (κ1) is 12.6. The number of ketones is 1. The van der Waals surface area contributed by atoms with Gasteiger partial charge in [-0.3, -0.25) is 4.79 Å². The highest BCUT2D eigenvalue weighted by Crippen LogP contribution is 2.20. The topological polar surface area (TPSA) is 55.1 Å². The summed E-state index contributed by atoms with van der Waals surface area (Å²) in [6, 6.07) is 5.41. The first-order chi connectivity index (χ1) is 7.65. The average Bonchev–Trinajstić information content (AvgIpc) is 2.26. The molecule has 0 atom stereocenters. The summed E-state index contributed by atoms with van der Waals surface area (Å²) in [5.74, 6) is 0.0456. The number of anilines is 2. The number of hydrogen-bond acceptors (Lipinski definition) is 3. The Morgan fingerprint density at radius 3 is 2.69 bits per heavy atom. The molecule has 1 rings (SSSR count).